The van der Waals surface area contributed by atoms with Gasteiger partial charge in [-0.05, 0) is 34.5 Å². The Morgan fingerprint density at radius 2 is 1.56 bits per heavy atom. The first-order valence-electron chi connectivity index (χ1n) is 8.97. The molecule has 1 aromatic heterocycles. The zero-order valence-electron chi connectivity index (χ0n) is 14.6. The second-order valence-corrected chi connectivity index (χ2v) is 7.10. The molecule has 5 rings (SSSR count). The third-order valence-corrected chi connectivity index (χ3v) is 5.16. The Labute approximate surface area is 162 Å². The van der Waals surface area contributed by atoms with Crippen LogP contribution in [0.5, 0.6) is 0 Å². The number of hydrogen-bond donors (Lipinski definition) is 0. The molecule has 27 heavy (non-hydrogen) atoms. The van der Waals surface area contributed by atoms with Gasteiger partial charge in [0.25, 0.3) is 0 Å². The summed E-state index contributed by atoms with van der Waals surface area (Å²) in [6.07, 6.45) is 0. The highest BCUT2D eigenvalue weighted by Crippen LogP contribution is 2.32. The van der Waals surface area contributed by atoms with E-state index in [1.54, 1.807) is 0 Å². The molecule has 0 saturated heterocycles. The molecule has 0 radical (unpaired) electrons. The second kappa shape index (κ2) is 6.57. The molecule has 0 amide bonds. The van der Waals surface area contributed by atoms with Gasteiger partial charge in [0.1, 0.15) is 5.82 Å². The molecule has 0 unspecified atom stereocenters. The zero-order chi connectivity index (χ0) is 18.2. The van der Waals surface area contributed by atoms with Crippen molar-refractivity contribution in [3.8, 4) is 11.4 Å². The molecule has 0 aliphatic carbocycles. The van der Waals surface area contributed by atoms with Gasteiger partial charge in [-0.3, -0.25) is 0 Å². The number of rotatable bonds is 3. The van der Waals surface area contributed by atoms with Gasteiger partial charge >= 0.3 is 0 Å². The average molecular weight is 369 g/mol. The molecule has 0 aliphatic rings. The van der Waals surface area contributed by atoms with E-state index in [2.05, 4.69) is 71.3 Å². The van der Waals surface area contributed by atoms with Crippen LogP contribution in [-0.2, 0) is 6.54 Å². The van der Waals surface area contributed by atoms with Crippen LogP contribution in [0.25, 0.3) is 33.2 Å². The van der Waals surface area contributed by atoms with Gasteiger partial charge in [0, 0.05) is 17.1 Å². The lowest BCUT2D eigenvalue weighted by atomic mass is 10.0. The Hall–Kier alpha value is -3.10. The monoisotopic (exact) mass is 368 g/mol. The number of fused-ring (bicyclic) bond motifs is 2. The highest BCUT2D eigenvalue weighted by Gasteiger charge is 2.15. The topological polar surface area (TPSA) is 17.8 Å². The van der Waals surface area contributed by atoms with E-state index in [0.29, 0.717) is 0 Å². The third-order valence-electron chi connectivity index (χ3n) is 4.92. The Kier molecular flexibility index (Phi) is 3.92. The first-order valence-corrected chi connectivity index (χ1v) is 9.35. The van der Waals surface area contributed by atoms with Gasteiger partial charge < -0.3 is 4.57 Å². The van der Waals surface area contributed by atoms with Crippen molar-refractivity contribution in [1.29, 1.82) is 0 Å². The van der Waals surface area contributed by atoms with Crippen molar-refractivity contribution < 1.29 is 0 Å². The van der Waals surface area contributed by atoms with Crippen molar-refractivity contribution in [1.82, 2.24) is 9.55 Å². The van der Waals surface area contributed by atoms with E-state index in [4.69, 9.17) is 16.6 Å². The Morgan fingerprint density at radius 3 is 2.44 bits per heavy atom. The number of nitrogens with zero attached hydrogens (tertiary/aromatic N) is 2. The normalized spacial score (nSPS) is 11.3. The summed E-state index contributed by atoms with van der Waals surface area (Å²) < 4.78 is 2.26. The van der Waals surface area contributed by atoms with Crippen LogP contribution in [0.2, 0.25) is 5.02 Å². The van der Waals surface area contributed by atoms with Crippen LogP contribution in [0.3, 0.4) is 0 Å². The zero-order valence-corrected chi connectivity index (χ0v) is 15.4. The van der Waals surface area contributed by atoms with Crippen LogP contribution in [0.15, 0.2) is 91.0 Å². The molecule has 0 bridgehead atoms. The SMILES string of the molecule is Clc1ccc2nc(-c3cccc4ccccc34)n(Cc3ccccc3)c2c1. The second-order valence-electron chi connectivity index (χ2n) is 6.67. The van der Waals surface area contributed by atoms with Gasteiger partial charge in [0.15, 0.2) is 0 Å². The quantitative estimate of drug-likeness (QED) is 0.352. The van der Waals surface area contributed by atoms with Crippen LogP contribution in [0.1, 0.15) is 5.56 Å². The molecule has 0 saturated carbocycles. The molecule has 0 spiro atoms. The summed E-state index contributed by atoms with van der Waals surface area (Å²) >= 11 is 6.30. The fourth-order valence-electron chi connectivity index (χ4n) is 3.65. The maximum absolute atomic E-state index is 6.30. The van der Waals surface area contributed by atoms with Crippen molar-refractivity contribution in [2.45, 2.75) is 6.54 Å². The number of aromatic nitrogens is 2. The molecule has 130 valence electrons. The summed E-state index contributed by atoms with van der Waals surface area (Å²) in [4.78, 5) is 4.97. The molecule has 2 nitrogen and oxygen atoms in total. The predicted molar refractivity (Wildman–Crippen MR) is 113 cm³/mol. The Bertz CT molecular complexity index is 1250. The first kappa shape index (κ1) is 16.1. The van der Waals surface area contributed by atoms with Crippen LogP contribution < -0.4 is 0 Å². The van der Waals surface area contributed by atoms with E-state index in [-0.39, 0.29) is 0 Å². The van der Waals surface area contributed by atoms with Gasteiger partial charge in [0.2, 0.25) is 0 Å². The summed E-state index contributed by atoms with van der Waals surface area (Å²) in [6.45, 7) is 0.746. The highest BCUT2D eigenvalue weighted by molar-refractivity contribution is 6.31. The molecule has 0 fully saturated rings. The molecule has 3 heteroatoms. The van der Waals surface area contributed by atoms with Crippen LogP contribution in [0.4, 0.5) is 0 Å². The van der Waals surface area contributed by atoms with E-state index in [9.17, 15) is 0 Å². The minimum atomic E-state index is 0.723. The summed E-state index contributed by atoms with van der Waals surface area (Å²) in [7, 11) is 0. The molecular formula is C24H17ClN2. The summed E-state index contributed by atoms with van der Waals surface area (Å²) in [5.41, 5.74) is 4.38. The van der Waals surface area contributed by atoms with Gasteiger partial charge in [-0.2, -0.15) is 0 Å². The summed E-state index contributed by atoms with van der Waals surface area (Å²) in [5, 5.41) is 3.14. The van der Waals surface area contributed by atoms with Gasteiger partial charge in [-0.25, -0.2) is 4.98 Å². The van der Waals surface area contributed by atoms with Crippen molar-refractivity contribution >= 4 is 33.4 Å². The lowest BCUT2D eigenvalue weighted by Crippen LogP contribution is -2.02. The summed E-state index contributed by atoms with van der Waals surface area (Å²) in [6, 6.07) is 31.2. The largest absolute Gasteiger partial charge is 0.319 e. The predicted octanol–water partition coefficient (Wildman–Crippen LogP) is 6.56. The Balaban J connectivity index is 1.80. The van der Waals surface area contributed by atoms with E-state index < -0.39 is 0 Å². The van der Waals surface area contributed by atoms with Crippen LogP contribution >= 0.6 is 11.6 Å². The van der Waals surface area contributed by atoms with E-state index >= 15 is 0 Å². The molecule has 5 aromatic rings. The maximum Gasteiger partial charge on any atom is 0.142 e. The average Bonchev–Trinajstić information content (AvgIpc) is 3.06. The van der Waals surface area contributed by atoms with Crippen molar-refractivity contribution in [2.75, 3.05) is 0 Å². The van der Waals surface area contributed by atoms with E-state index in [0.717, 1.165) is 34.0 Å². The highest BCUT2D eigenvalue weighted by atomic mass is 35.5. The fraction of sp³-hybridized carbons (Fsp3) is 0.0417. The molecule has 0 atom stereocenters. The lowest BCUT2D eigenvalue weighted by Gasteiger charge is -2.12. The maximum atomic E-state index is 6.30. The third kappa shape index (κ3) is 2.88. The van der Waals surface area contributed by atoms with Gasteiger partial charge in [-0.1, -0.05) is 84.4 Å². The number of benzene rings is 4. The lowest BCUT2D eigenvalue weighted by molar-refractivity contribution is 0.835. The first-order chi connectivity index (χ1) is 13.3. The van der Waals surface area contributed by atoms with E-state index in [1.165, 1.54) is 16.3 Å². The van der Waals surface area contributed by atoms with Gasteiger partial charge in [0.05, 0.1) is 11.0 Å². The molecular weight excluding hydrogens is 352 g/mol. The fourth-order valence-corrected chi connectivity index (χ4v) is 3.81. The smallest absolute Gasteiger partial charge is 0.142 e. The van der Waals surface area contributed by atoms with Crippen LogP contribution in [0, 0.1) is 0 Å². The number of hydrogen-bond acceptors (Lipinski definition) is 1. The van der Waals surface area contributed by atoms with Gasteiger partial charge in [-0.15, -0.1) is 0 Å². The minimum Gasteiger partial charge on any atom is -0.319 e. The van der Waals surface area contributed by atoms with Crippen molar-refractivity contribution in [2.24, 2.45) is 0 Å². The minimum absolute atomic E-state index is 0.723. The van der Waals surface area contributed by atoms with Crippen LogP contribution in [-0.4, -0.2) is 9.55 Å². The standard InChI is InChI=1S/C24H17ClN2/c25-19-13-14-22-23(15-19)27(16-17-7-2-1-3-8-17)24(26-22)21-12-6-10-18-9-4-5-11-20(18)21/h1-15H,16H2. The summed E-state index contributed by atoms with van der Waals surface area (Å²) in [5.74, 6) is 0.966. The molecule has 1 heterocycles. The van der Waals surface area contributed by atoms with Crippen molar-refractivity contribution in [3.05, 3.63) is 102 Å². The van der Waals surface area contributed by atoms with Crippen molar-refractivity contribution in [3.63, 3.8) is 0 Å². The Morgan fingerprint density at radius 1 is 0.778 bits per heavy atom. The number of imidazole rings is 1. The molecule has 4 aromatic carbocycles. The molecule has 0 N–H and O–H groups in total. The molecule has 0 aliphatic heterocycles. The van der Waals surface area contributed by atoms with E-state index in [1.807, 2.05) is 24.3 Å². The number of halogens is 1.